The van der Waals surface area contributed by atoms with Gasteiger partial charge in [-0.05, 0) is 13.0 Å². The van der Waals surface area contributed by atoms with Crippen molar-refractivity contribution in [3.63, 3.8) is 0 Å². The molecule has 60 valence electrons. The zero-order valence-electron chi connectivity index (χ0n) is 6.62. The molecule has 0 unspecified atom stereocenters. The minimum Gasteiger partial charge on any atom is -0.391 e. The smallest absolute Gasteiger partial charge is 0.0741 e. The van der Waals surface area contributed by atoms with Crippen molar-refractivity contribution in [3.05, 3.63) is 0 Å². The van der Waals surface area contributed by atoms with E-state index in [4.69, 9.17) is 5.73 Å². The van der Waals surface area contributed by atoms with Gasteiger partial charge in [-0.2, -0.15) is 0 Å². The summed E-state index contributed by atoms with van der Waals surface area (Å²) in [5.41, 5.74) is 5.67. The van der Waals surface area contributed by atoms with Gasteiger partial charge < -0.3 is 15.7 Å². The summed E-state index contributed by atoms with van der Waals surface area (Å²) < 4.78 is 0. The summed E-state index contributed by atoms with van der Waals surface area (Å²) in [6, 6.07) is -0.0613. The van der Waals surface area contributed by atoms with Crippen molar-refractivity contribution in [1.29, 1.82) is 0 Å². The first-order valence-electron chi connectivity index (χ1n) is 3.73. The third-order valence-corrected chi connectivity index (χ3v) is 2.14. The molecular formula is C7H16N2O. The lowest BCUT2D eigenvalue weighted by molar-refractivity contribution is 0.0269. The van der Waals surface area contributed by atoms with Gasteiger partial charge in [0.25, 0.3) is 0 Å². The Morgan fingerprint density at radius 3 is 2.60 bits per heavy atom. The second-order valence-electron chi connectivity index (χ2n) is 3.35. The van der Waals surface area contributed by atoms with Crippen LogP contribution in [0.3, 0.4) is 0 Å². The monoisotopic (exact) mass is 144 g/mol. The summed E-state index contributed by atoms with van der Waals surface area (Å²) in [6.45, 7) is 3.79. The Balaban J connectivity index is 2.49. The van der Waals surface area contributed by atoms with E-state index in [1.165, 1.54) is 0 Å². The molecule has 0 aliphatic carbocycles. The van der Waals surface area contributed by atoms with Crippen molar-refractivity contribution in [2.45, 2.75) is 19.1 Å². The standard InChI is InChI=1S/C7H16N2O/c1-5-3-9(2)4-6(8)7(5)10/h5-7,10H,3-4,8H2,1-2H3/t5-,6+,7+/m0/s1. The van der Waals surface area contributed by atoms with Crippen LogP contribution in [0.4, 0.5) is 0 Å². The fourth-order valence-corrected chi connectivity index (χ4v) is 1.56. The maximum atomic E-state index is 9.41. The van der Waals surface area contributed by atoms with Gasteiger partial charge >= 0.3 is 0 Å². The number of nitrogens with two attached hydrogens (primary N) is 1. The molecule has 1 fully saturated rings. The predicted octanol–water partition coefficient (Wildman–Crippen LogP) is -0.744. The maximum Gasteiger partial charge on any atom is 0.0741 e. The Bertz CT molecular complexity index is 106. The van der Waals surface area contributed by atoms with Crippen molar-refractivity contribution in [2.75, 3.05) is 20.1 Å². The molecule has 1 aliphatic heterocycles. The highest BCUT2D eigenvalue weighted by molar-refractivity contribution is 4.85. The third-order valence-electron chi connectivity index (χ3n) is 2.14. The third kappa shape index (κ3) is 1.48. The highest BCUT2D eigenvalue weighted by Gasteiger charge is 2.28. The lowest BCUT2D eigenvalue weighted by Crippen LogP contribution is -2.54. The van der Waals surface area contributed by atoms with E-state index in [9.17, 15) is 5.11 Å². The van der Waals surface area contributed by atoms with Gasteiger partial charge in [-0.1, -0.05) is 6.92 Å². The van der Waals surface area contributed by atoms with Gasteiger partial charge in [0, 0.05) is 19.1 Å². The van der Waals surface area contributed by atoms with E-state index in [1.54, 1.807) is 0 Å². The molecule has 0 radical (unpaired) electrons. The van der Waals surface area contributed by atoms with Gasteiger partial charge in [0.2, 0.25) is 0 Å². The summed E-state index contributed by atoms with van der Waals surface area (Å²) in [7, 11) is 2.03. The number of rotatable bonds is 0. The first-order valence-corrected chi connectivity index (χ1v) is 3.73. The first kappa shape index (κ1) is 7.98. The Morgan fingerprint density at radius 2 is 2.10 bits per heavy atom. The molecule has 10 heavy (non-hydrogen) atoms. The molecule has 1 heterocycles. The SMILES string of the molecule is C[C@H]1CN(C)C[C@@H](N)[C@@H]1O. The molecule has 0 aromatic rings. The topological polar surface area (TPSA) is 49.5 Å². The molecule has 0 spiro atoms. The number of aliphatic hydroxyl groups excluding tert-OH is 1. The van der Waals surface area contributed by atoms with Crippen LogP contribution in [0.15, 0.2) is 0 Å². The molecule has 0 amide bonds. The Morgan fingerprint density at radius 1 is 1.50 bits per heavy atom. The second kappa shape index (κ2) is 2.86. The number of hydrogen-bond acceptors (Lipinski definition) is 3. The molecule has 3 heteroatoms. The van der Waals surface area contributed by atoms with E-state index < -0.39 is 0 Å². The van der Waals surface area contributed by atoms with Crippen LogP contribution in [-0.4, -0.2) is 42.3 Å². The van der Waals surface area contributed by atoms with Crippen LogP contribution in [0.2, 0.25) is 0 Å². The van der Waals surface area contributed by atoms with Crippen LogP contribution in [0.25, 0.3) is 0 Å². The summed E-state index contributed by atoms with van der Waals surface area (Å²) >= 11 is 0. The number of nitrogens with zero attached hydrogens (tertiary/aromatic N) is 1. The van der Waals surface area contributed by atoms with Crippen molar-refractivity contribution in [2.24, 2.45) is 11.7 Å². The fourth-order valence-electron chi connectivity index (χ4n) is 1.56. The average Bonchev–Trinajstić information content (AvgIpc) is 1.82. The number of likely N-dealkylation sites (tertiary alicyclic amines) is 1. The van der Waals surface area contributed by atoms with E-state index in [2.05, 4.69) is 4.90 Å². The average molecular weight is 144 g/mol. The summed E-state index contributed by atoms with van der Waals surface area (Å²) in [4.78, 5) is 2.15. The van der Waals surface area contributed by atoms with Crippen LogP contribution < -0.4 is 5.73 Å². The Labute approximate surface area is 61.8 Å². The number of likely N-dealkylation sites (N-methyl/N-ethyl adjacent to an activating group) is 1. The largest absolute Gasteiger partial charge is 0.391 e. The van der Waals surface area contributed by atoms with Crippen LogP contribution >= 0.6 is 0 Å². The maximum absolute atomic E-state index is 9.41. The van der Waals surface area contributed by atoms with Crippen LogP contribution in [0.1, 0.15) is 6.92 Å². The molecule has 0 bridgehead atoms. The summed E-state index contributed by atoms with van der Waals surface area (Å²) in [5.74, 6) is 0.314. The van der Waals surface area contributed by atoms with Gasteiger partial charge in [0.05, 0.1) is 6.10 Å². The summed E-state index contributed by atoms with van der Waals surface area (Å²) in [5, 5.41) is 9.41. The first-order chi connectivity index (χ1) is 4.61. The molecule has 3 atom stereocenters. The van der Waals surface area contributed by atoms with Crippen molar-refractivity contribution in [3.8, 4) is 0 Å². The molecule has 0 aromatic heterocycles. The van der Waals surface area contributed by atoms with Gasteiger partial charge in [0.1, 0.15) is 0 Å². The van der Waals surface area contributed by atoms with Crippen LogP contribution in [0, 0.1) is 5.92 Å². The zero-order valence-corrected chi connectivity index (χ0v) is 6.62. The normalized spacial score (nSPS) is 43.8. The highest BCUT2D eigenvalue weighted by atomic mass is 16.3. The van der Waals surface area contributed by atoms with Gasteiger partial charge in [-0.25, -0.2) is 0 Å². The molecule has 0 saturated carbocycles. The minimum atomic E-state index is -0.309. The molecule has 1 rings (SSSR count). The molecular weight excluding hydrogens is 128 g/mol. The quantitative estimate of drug-likeness (QED) is 0.470. The highest BCUT2D eigenvalue weighted by Crippen LogP contribution is 2.13. The lowest BCUT2D eigenvalue weighted by Gasteiger charge is -2.36. The van der Waals surface area contributed by atoms with Crippen molar-refractivity contribution in [1.82, 2.24) is 4.90 Å². The molecule has 1 saturated heterocycles. The van der Waals surface area contributed by atoms with Gasteiger partial charge in [0.15, 0.2) is 0 Å². The fraction of sp³-hybridized carbons (Fsp3) is 1.00. The van der Waals surface area contributed by atoms with Gasteiger partial charge in [-0.3, -0.25) is 0 Å². The van der Waals surface area contributed by atoms with E-state index in [-0.39, 0.29) is 12.1 Å². The number of hydrogen-bond donors (Lipinski definition) is 2. The Hall–Kier alpha value is -0.120. The molecule has 3 N–H and O–H groups in total. The number of piperidine rings is 1. The van der Waals surface area contributed by atoms with E-state index in [0.717, 1.165) is 13.1 Å². The Kier molecular flexibility index (Phi) is 2.28. The molecule has 0 aromatic carbocycles. The van der Waals surface area contributed by atoms with E-state index in [0.29, 0.717) is 5.92 Å². The van der Waals surface area contributed by atoms with Crippen LogP contribution in [0.5, 0.6) is 0 Å². The number of aliphatic hydroxyl groups is 1. The molecule has 3 nitrogen and oxygen atoms in total. The predicted molar refractivity (Wildman–Crippen MR) is 40.6 cm³/mol. The minimum absolute atomic E-state index is 0.0613. The second-order valence-corrected chi connectivity index (χ2v) is 3.35. The van der Waals surface area contributed by atoms with Gasteiger partial charge in [-0.15, -0.1) is 0 Å². The van der Waals surface area contributed by atoms with Crippen LogP contribution in [-0.2, 0) is 0 Å². The van der Waals surface area contributed by atoms with Crippen molar-refractivity contribution >= 4 is 0 Å². The molecule has 1 aliphatic rings. The van der Waals surface area contributed by atoms with E-state index >= 15 is 0 Å². The van der Waals surface area contributed by atoms with E-state index in [1.807, 2.05) is 14.0 Å². The zero-order chi connectivity index (χ0) is 7.72. The summed E-state index contributed by atoms with van der Waals surface area (Å²) in [6.07, 6.45) is -0.309. The lowest BCUT2D eigenvalue weighted by atomic mass is 9.93. The van der Waals surface area contributed by atoms with Crippen molar-refractivity contribution < 1.29 is 5.11 Å².